The summed E-state index contributed by atoms with van der Waals surface area (Å²) in [5.74, 6) is 0. The van der Waals surface area contributed by atoms with Crippen molar-refractivity contribution >= 4 is 5.69 Å². The van der Waals surface area contributed by atoms with Crippen LogP contribution in [-0.4, -0.2) is 48.3 Å². The second kappa shape index (κ2) is 6.37. The Morgan fingerprint density at radius 2 is 1.71 bits per heavy atom. The lowest BCUT2D eigenvalue weighted by Crippen LogP contribution is -2.54. The molecule has 21 heavy (non-hydrogen) atoms. The Morgan fingerprint density at radius 3 is 2.43 bits per heavy atom. The van der Waals surface area contributed by atoms with Crippen LogP contribution in [0.3, 0.4) is 0 Å². The zero-order valence-corrected chi connectivity index (χ0v) is 13.4. The highest BCUT2D eigenvalue weighted by Gasteiger charge is 2.31. The lowest BCUT2D eigenvalue weighted by molar-refractivity contribution is 0.0173. The number of aryl methyl sites for hydroxylation is 1. The Kier molecular flexibility index (Phi) is 4.51. The fourth-order valence-corrected chi connectivity index (χ4v) is 3.89. The largest absolute Gasteiger partial charge is 0.391 e. The summed E-state index contributed by atoms with van der Waals surface area (Å²) in [5, 5.41) is 10.2. The van der Waals surface area contributed by atoms with Gasteiger partial charge in [0.1, 0.15) is 0 Å². The van der Waals surface area contributed by atoms with Crippen LogP contribution in [0.4, 0.5) is 5.69 Å². The van der Waals surface area contributed by atoms with Crippen molar-refractivity contribution < 1.29 is 5.11 Å². The first-order chi connectivity index (χ1) is 10.2. The molecule has 1 heterocycles. The summed E-state index contributed by atoms with van der Waals surface area (Å²) < 4.78 is 0. The fourth-order valence-electron chi connectivity index (χ4n) is 3.89. The molecule has 2 fully saturated rings. The Bertz CT molecular complexity index is 480. The number of hydrogen-bond acceptors (Lipinski definition) is 3. The molecule has 0 radical (unpaired) electrons. The SMILES string of the molecule is Cc1cccc(N2CCN([C@H]3CCCC[C@@H]3O)CC2)c1C. The van der Waals surface area contributed by atoms with Crippen LogP contribution in [0.25, 0.3) is 0 Å². The van der Waals surface area contributed by atoms with Crippen LogP contribution in [-0.2, 0) is 0 Å². The summed E-state index contributed by atoms with van der Waals surface area (Å²) in [6.07, 6.45) is 4.52. The van der Waals surface area contributed by atoms with Gasteiger partial charge in [-0.15, -0.1) is 0 Å². The summed E-state index contributed by atoms with van der Waals surface area (Å²) in [5.41, 5.74) is 4.17. The van der Waals surface area contributed by atoms with E-state index in [0.29, 0.717) is 6.04 Å². The molecule has 0 spiro atoms. The van der Waals surface area contributed by atoms with Gasteiger partial charge in [0.25, 0.3) is 0 Å². The van der Waals surface area contributed by atoms with Crippen LogP contribution in [0, 0.1) is 13.8 Å². The first-order valence-electron chi connectivity index (χ1n) is 8.40. The Morgan fingerprint density at radius 1 is 1.00 bits per heavy atom. The van der Waals surface area contributed by atoms with Gasteiger partial charge >= 0.3 is 0 Å². The third-order valence-corrected chi connectivity index (χ3v) is 5.39. The highest BCUT2D eigenvalue weighted by molar-refractivity contribution is 5.56. The molecule has 0 unspecified atom stereocenters. The van der Waals surface area contributed by atoms with Crippen molar-refractivity contribution in [3.05, 3.63) is 29.3 Å². The molecule has 1 N–H and O–H groups in total. The van der Waals surface area contributed by atoms with Gasteiger partial charge < -0.3 is 10.0 Å². The van der Waals surface area contributed by atoms with Gasteiger partial charge in [-0.25, -0.2) is 0 Å². The molecule has 3 heteroatoms. The quantitative estimate of drug-likeness (QED) is 0.906. The average molecular weight is 288 g/mol. The van der Waals surface area contributed by atoms with Crippen molar-refractivity contribution in [1.29, 1.82) is 0 Å². The number of rotatable bonds is 2. The maximum absolute atomic E-state index is 10.2. The molecule has 1 aromatic rings. The highest BCUT2D eigenvalue weighted by Crippen LogP contribution is 2.27. The normalized spacial score (nSPS) is 27.9. The van der Waals surface area contributed by atoms with Gasteiger partial charge in [0, 0.05) is 37.9 Å². The van der Waals surface area contributed by atoms with E-state index in [1.165, 1.54) is 36.1 Å². The summed E-state index contributed by atoms with van der Waals surface area (Å²) in [4.78, 5) is 5.03. The minimum absolute atomic E-state index is 0.106. The van der Waals surface area contributed by atoms with E-state index >= 15 is 0 Å². The van der Waals surface area contributed by atoms with Crippen LogP contribution in [0.2, 0.25) is 0 Å². The van der Waals surface area contributed by atoms with E-state index in [9.17, 15) is 5.11 Å². The summed E-state index contributed by atoms with van der Waals surface area (Å²) in [6.45, 7) is 8.72. The van der Waals surface area contributed by atoms with Crippen LogP contribution in [0.5, 0.6) is 0 Å². The zero-order chi connectivity index (χ0) is 14.8. The van der Waals surface area contributed by atoms with Crippen LogP contribution < -0.4 is 4.90 Å². The van der Waals surface area contributed by atoms with Crippen molar-refractivity contribution in [3.8, 4) is 0 Å². The van der Waals surface area contributed by atoms with Crippen molar-refractivity contribution in [2.75, 3.05) is 31.1 Å². The molecule has 116 valence electrons. The van der Waals surface area contributed by atoms with Gasteiger partial charge in [-0.05, 0) is 43.9 Å². The minimum Gasteiger partial charge on any atom is -0.391 e. The lowest BCUT2D eigenvalue weighted by atomic mass is 9.91. The third kappa shape index (κ3) is 3.09. The van der Waals surface area contributed by atoms with Gasteiger partial charge in [-0.2, -0.15) is 0 Å². The molecule has 0 bridgehead atoms. The maximum Gasteiger partial charge on any atom is 0.0695 e. The van der Waals surface area contributed by atoms with Crippen molar-refractivity contribution in [1.82, 2.24) is 4.90 Å². The molecular formula is C18H28N2O. The van der Waals surface area contributed by atoms with E-state index in [1.807, 2.05) is 0 Å². The predicted molar refractivity (Wildman–Crippen MR) is 88.0 cm³/mol. The van der Waals surface area contributed by atoms with E-state index in [2.05, 4.69) is 41.8 Å². The van der Waals surface area contributed by atoms with Gasteiger partial charge in [-0.3, -0.25) is 4.90 Å². The van der Waals surface area contributed by atoms with Crippen LogP contribution >= 0.6 is 0 Å². The highest BCUT2D eigenvalue weighted by atomic mass is 16.3. The number of aliphatic hydroxyl groups is 1. The molecule has 1 saturated carbocycles. The fraction of sp³-hybridized carbons (Fsp3) is 0.667. The Balaban J connectivity index is 1.63. The first-order valence-corrected chi connectivity index (χ1v) is 8.40. The van der Waals surface area contributed by atoms with Crippen LogP contribution in [0.1, 0.15) is 36.8 Å². The summed E-state index contributed by atoms with van der Waals surface area (Å²) in [6, 6.07) is 7.00. The van der Waals surface area contributed by atoms with Gasteiger partial charge in [-0.1, -0.05) is 25.0 Å². The molecule has 1 aromatic carbocycles. The maximum atomic E-state index is 10.2. The number of hydrogen-bond donors (Lipinski definition) is 1. The zero-order valence-electron chi connectivity index (χ0n) is 13.4. The first kappa shape index (κ1) is 14.9. The third-order valence-electron chi connectivity index (χ3n) is 5.39. The van der Waals surface area contributed by atoms with Gasteiger partial charge in [0.15, 0.2) is 0 Å². The van der Waals surface area contributed by atoms with Gasteiger partial charge in [0.2, 0.25) is 0 Å². The standard InChI is InChI=1S/C18H28N2O/c1-14-6-5-8-16(15(14)2)19-10-12-20(13-11-19)17-7-3-4-9-18(17)21/h5-6,8,17-18,21H,3-4,7,9-13H2,1-2H3/t17-,18-/m0/s1. The van der Waals surface area contributed by atoms with E-state index in [0.717, 1.165) is 32.6 Å². The average Bonchev–Trinajstić information content (AvgIpc) is 2.51. The lowest BCUT2D eigenvalue weighted by Gasteiger charge is -2.43. The monoisotopic (exact) mass is 288 g/mol. The van der Waals surface area contributed by atoms with Gasteiger partial charge in [0.05, 0.1) is 6.10 Å². The van der Waals surface area contributed by atoms with Crippen molar-refractivity contribution in [2.24, 2.45) is 0 Å². The van der Waals surface area contributed by atoms with Crippen LogP contribution in [0.15, 0.2) is 18.2 Å². The second-order valence-electron chi connectivity index (χ2n) is 6.66. The summed E-state index contributed by atoms with van der Waals surface area (Å²) >= 11 is 0. The molecule has 1 aliphatic heterocycles. The molecule has 3 nitrogen and oxygen atoms in total. The predicted octanol–water partition coefficient (Wildman–Crippen LogP) is 2.73. The molecule has 0 amide bonds. The second-order valence-corrected chi connectivity index (χ2v) is 6.66. The molecular weight excluding hydrogens is 260 g/mol. The smallest absolute Gasteiger partial charge is 0.0695 e. The summed E-state index contributed by atoms with van der Waals surface area (Å²) in [7, 11) is 0. The Labute approximate surface area is 128 Å². The Hall–Kier alpha value is -1.06. The number of nitrogens with zero attached hydrogens (tertiary/aromatic N) is 2. The number of aliphatic hydroxyl groups excluding tert-OH is 1. The van der Waals surface area contributed by atoms with Crippen molar-refractivity contribution in [2.45, 2.75) is 51.7 Å². The molecule has 2 aliphatic rings. The van der Waals surface area contributed by atoms with E-state index < -0.39 is 0 Å². The molecule has 1 saturated heterocycles. The number of benzene rings is 1. The van der Waals surface area contributed by atoms with E-state index in [-0.39, 0.29) is 6.10 Å². The molecule has 2 atom stereocenters. The number of piperazine rings is 1. The molecule has 1 aliphatic carbocycles. The van der Waals surface area contributed by atoms with E-state index in [4.69, 9.17) is 0 Å². The molecule has 3 rings (SSSR count). The van der Waals surface area contributed by atoms with Crippen molar-refractivity contribution in [3.63, 3.8) is 0 Å². The number of anilines is 1. The molecule has 0 aromatic heterocycles. The topological polar surface area (TPSA) is 26.7 Å². The van der Waals surface area contributed by atoms with E-state index in [1.54, 1.807) is 0 Å². The minimum atomic E-state index is -0.106.